The maximum absolute atomic E-state index is 11.8. The van der Waals surface area contributed by atoms with Crippen LogP contribution in [-0.2, 0) is 10.0 Å². The number of benzene rings is 1. The molecule has 1 aromatic rings. The summed E-state index contributed by atoms with van der Waals surface area (Å²) in [5, 5.41) is 16.6. The number of hydrogen-bond donors (Lipinski definition) is 2. The van der Waals surface area contributed by atoms with Crippen LogP contribution in [0.25, 0.3) is 0 Å². The van der Waals surface area contributed by atoms with E-state index in [-0.39, 0.29) is 18.7 Å². The van der Waals surface area contributed by atoms with Crippen LogP contribution in [-0.4, -0.2) is 25.4 Å². The van der Waals surface area contributed by atoms with E-state index in [1.165, 1.54) is 25.1 Å². The molecule has 0 saturated heterocycles. The first kappa shape index (κ1) is 16.3. The SMILES string of the molecule is CC(C#N)S(=O)(=O)Nc1ccc(Cl)cc1C#CCCO. The molecule has 0 radical (unpaired) electrons. The summed E-state index contributed by atoms with van der Waals surface area (Å²) in [5.74, 6) is 5.42. The highest BCUT2D eigenvalue weighted by molar-refractivity contribution is 7.93. The minimum absolute atomic E-state index is 0.0832. The number of aliphatic hydroxyl groups excluding tert-OH is 1. The summed E-state index contributed by atoms with van der Waals surface area (Å²) < 4.78 is 26.0. The topological polar surface area (TPSA) is 90.2 Å². The average molecular weight is 313 g/mol. The molecule has 1 aromatic carbocycles. The van der Waals surface area contributed by atoms with Gasteiger partial charge in [0.2, 0.25) is 10.0 Å². The largest absolute Gasteiger partial charge is 0.395 e. The zero-order valence-corrected chi connectivity index (χ0v) is 12.3. The Kier molecular flexibility index (Phi) is 5.84. The predicted octanol–water partition coefficient (Wildman–Crippen LogP) is 1.73. The second kappa shape index (κ2) is 7.16. The Morgan fingerprint density at radius 1 is 1.50 bits per heavy atom. The lowest BCUT2D eigenvalue weighted by Crippen LogP contribution is -2.24. The van der Waals surface area contributed by atoms with Gasteiger partial charge in [-0.3, -0.25) is 4.72 Å². The van der Waals surface area contributed by atoms with Crippen LogP contribution >= 0.6 is 11.6 Å². The Hall–Kier alpha value is -1.73. The number of anilines is 1. The summed E-state index contributed by atoms with van der Waals surface area (Å²) in [6.07, 6.45) is 0.271. The fourth-order valence-corrected chi connectivity index (χ4v) is 2.21. The van der Waals surface area contributed by atoms with Gasteiger partial charge in [0.15, 0.2) is 5.25 Å². The van der Waals surface area contributed by atoms with Gasteiger partial charge in [0, 0.05) is 11.4 Å². The Labute approximate surface area is 123 Å². The van der Waals surface area contributed by atoms with Crippen molar-refractivity contribution < 1.29 is 13.5 Å². The fourth-order valence-electron chi connectivity index (χ4n) is 1.23. The van der Waals surface area contributed by atoms with E-state index in [9.17, 15) is 8.42 Å². The number of aliphatic hydroxyl groups is 1. The van der Waals surface area contributed by atoms with Gasteiger partial charge in [-0.1, -0.05) is 23.4 Å². The molecular formula is C13H13ClN2O3S. The summed E-state index contributed by atoms with van der Waals surface area (Å²) in [6.45, 7) is 1.20. The standard InChI is InChI=1S/C13H13ClN2O3S/c1-10(9-15)20(18,19)16-13-6-5-12(14)8-11(13)4-2-3-7-17/h5-6,8,10,16-17H,3,7H2,1H3. The minimum Gasteiger partial charge on any atom is -0.395 e. The lowest BCUT2D eigenvalue weighted by atomic mass is 10.2. The highest BCUT2D eigenvalue weighted by Gasteiger charge is 2.21. The Bertz CT molecular complexity index is 684. The highest BCUT2D eigenvalue weighted by atomic mass is 35.5. The van der Waals surface area contributed by atoms with Gasteiger partial charge in [0.25, 0.3) is 0 Å². The van der Waals surface area contributed by atoms with Gasteiger partial charge >= 0.3 is 0 Å². The maximum Gasteiger partial charge on any atom is 0.248 e. The first-order valence-corrected chi connectivity index (χ1v) is 7.63. The maximum atomic E-state index is 11.8. The lowest BCUT2D eigenvalue weighted by molar-refractivity contribution is 0.305. The quantitative estimate of drug-likeness (QED) is 0.828. The van der Waals surface area contributed by atoms with Crippen molar-refractivity contribution in [3.8, 4) is 17.9 Å². The minimum atomic E-state index is -3.80. The van der Waals surface area contributed by atoms with Crippen molar-refractivity contribution in [2.24, 2.45) is 0 Å². The van der Waals surface area contributed by atoms with E-state index >= 15 is 0 Å². The summed E-state index contributed by atoms with van der Waals surface area (Å²) in [6, 6.07) is 6.18. The van der Waals surface area contributed by atoms with Crippen LogP contribution in [0, 0.1) is 23.2 Å². The molecular weight excluding hydrogens is 300 g/mol. The molecule has 1 rings (SSSR count). The van der Waals surface area contributed by atoms with E-state index < -0.39 is 15.3 Å². The zero-order valence-electron chi connectivity index (χ0n) is 10.7. The van der Waals surface area contributed by atoms with Gasteiger partial charge in [-0.2, -0.15) is 5.26 Å². The number of hydrogen-bond acceptors (Lipinski definition) is 4. The van der Waals surface area contributed by atoms with Gasteiger partial charge in [0.05, 0.1) is 23.9 Å². The molecule has 5 nitrogen and oxygen atoms in total. The first-order valence-electron chi connectivity index (χ1n) is 5.71. The number of nitriles is 1. The van der Waals surface area contributed by atoms with Crippen LogP contribution in [0.4, 0.5) is 5.69 Å². The second-order valence-corrected chi connectivity index (χ2v) is 6.32. The highest BCUT2D eigenvalue weighted by Crippen LogP contribution is 2.21. The Morgan fingerprint density at radius 2 is 2.20 bits per heavy atom. The molecule has 1 unspecified atom stereocenters. The van der Waals surface area contributed by atoms with E-state index in [2.05, 4.69) is 16.6 Å². The Balaban J connectivity index is 3.14. The molecule has 0 aromatic heterocycles. The molecule has 0 amide bonds. The fraction of sp³-hybridized carbons (Fsp3) is 0.308. The Morgan fingerprint density at radius 3 is 2.80 bits per heavy atom. The third-order valence-electron chi connectivity index (χ3n) is 2.34. The molecule has 0 heterocycles. The third kappa shape index (κ3) is 4.43. The van der Waals surface area contributed by atoms with Gasteiger partial charge in [-0.25, -0.2) is 8.42 Å². The van der Waals surface area contributed by atoms with Gasteiger partial charge in [-0.15, -0.1) is 0 Å². The van der Waals surface area contributed by atoms with E-state index in [1.54, 1.807) is 6.07 Å². The molecule has 0 aliphatic carbocycles. The van der Waals surface area contributed by atoms with Crippen molar-refractivity contribution in [1.82, 2.24) is 0 Å². The van der Waals surface area contributed by atoms with E-state index in [0.29, 0.717) is 10.6 Å². The van der Waals surface area contributed by atoms with Crippen molar-refractivity contribution in [2.75, 3.05) is 11.3 Å². The molecule has 106 valence electrons. The van der Waals surface area contributed by atoms with Crippen molar-refractivity contribution in [3.05, 3.63) is 28.8 Å². The number of rotatable bonds is 4. The van der Waals surface area contributed by atoms with Crippen molar-refractivity contribution in [3.63, 3.8) is 0 Å². The molecule has 7 heteroatoms. The van der Waals surface area contributed by atoms with Crippen LogP contribution in [0.5, 0.6) is 0 Å². The number of sulfonamides is 1. The van der Waals surface area contributed by atoms with Crippen molar-refractivity contribution in [2.45, 2.75) is 18.6 Å². The van der Waals surface area contributed by atoms with E-state index in [1.807, 2.05) is 0 Å². The normalized spacial score (nSPS) is 11.9. The molecule has 0 spiro atoms. The van der Waals surface area contributed by atoms with Crippen molar-refractivity contribution >= 4 is 27.3 Å². The molecule has 1 atom stereocenters. The smallest absolute Gasteiger partial charge is 0.248 e. The van der Waals surface area contributed by atoms with Gasteiger partial charge < -0.3 is 5.11 Å². The second-order valence-electron chi connectivity index (χ2n) is 3.88. The third-order valence-corrected chi connectivity index (χ3v) is 4.12. The van der Waals surface area contributed by atoms with Crippen molar-refractivity contribution in [1.29, 1.82) is 5.26 Å². The summed E-state index contributed by atoms with van der Waals surface area (Å²) >= 11 is 5.84. The monoisotopic (exact) mass is 312 g/mol. The molecule has 20 heavy (non-hydrogen) atoms. The van der Waals surface area contributed by atoms with Crippen LogP contribution in [0.15, 0.2) is 18.2 Å². The molecule has 0 aliphatic heterocycles. The molecule has 0 aliphatic rings. The van der Waals surface area contributed by atoms with E-state index in [4.69, 9.17) is 22.0 Å². The van der Waals surface area contributed by atoms with Crippen LogP contribution in [0.2, 0.25) is 5.02 Å². The average Bonchev–Trinajstić information content (AvgIpc) is 2.40. The van der Waals surface area contributed by atoms with Gasteiger partial charge in [-0.05, 0) is 25.1 Å². The molecule has 0 saturated carbocycles. The summed E-state index contributed by atoms with van der Waals surface area (Å²) in [4.78, 5) is 0. The summed E-state index contributed by atoms with van der Waals surface area (Å²) in [5.41, 5.74) is 0.640. The number of nitrogens with zero attached hydrogens (tertiary/aromatic N) is 1. The van der Waals surface area contributed by atoms with Crippen LogP contribution in [0.1, 0.15) is 18.9 Å². The van der Waals surface area contributed by atoms with E-state index in [0.717, 1.165) is 0 Å². The first-order chi connectivity index (χ1) is 9.40. The zero-order chi connectivity index (χ0) is 15.2. The predicted molar refractivity (Wildman–Crippen MR) is 77.7 cm³/mol. The molecule has 0 bridgehead atoms. The molecule has 2 N–H and O–H groups in total. The van der Waals surface area contributed by atoms with Crippen LogP contribution in [0.3, 0.4) is 0 Å². The lowest BCUT2D eigenvalue weighted by Gasteiger charge is -2.11. The van der Waals surface area contributed by atoms with Gasteiger partial charge in [0.1, 0.15) is 0 Å². The molecule has 0 fully saturated rings. The summed E-state index contributed by atoms with van der Waals surface area (Å²) in [7, 11) is -3.80. The number of halogens is 1. The van der Waals surface area contributed by atoms with Crippen LogP contribution < -0.4 is 4.72 Å². The number of nitrogens with one attached hydrogen (secondary N) is 1.